The number of aromatic nitrogens is 4. The second kappa shape index (κ2) is 15.0. The highest BCUT2D eigenvalue weighted by molar-refractivity contribution is 7.98. The van der Waals surface area contributed by atoms with Gasteiger partial charge in [0.05, 0.1) is 18.7 Å². The van der Waals surface area contributed by atoms with Crippen LogP contribution in [0.1, 0.15) is 38.1 Å². The van der Waals surface area contributed by atoms with Gasteiger partial charge in [0.1, 0.15) is 18.1 Å². The smallest absolute Gasteiger partial charge is 0.326 e. The van der Waals surface area contributed by atoms with E-state index in [1.54, 1.807) is 6.20 Å². The van der Waals surface area contributed by atoms with Crippen molar-refractivity contribution in [3.05, 3.63) is 36.4 Å². The summed E-state index contributed by atoms with van der Waals surface area (Å²) in [5.41, 5.74) is 7.29. The molecule has 2 aromatic rings. The number of H-pyrrole nitrogens is 2. The van der Waals surface area contributed by atoms with Gasteiger partial charge in [-0.25, -0.2) is 14.8 Å². The highest BCUT2D eigenvalue weighted by Gasteiger charge is 2.31. The summed E-state index contributed by atoms with van der Waals surface area (Å²) in [5.74, 6) is -2.31. The minimum absolute atomic E-state index is 0.0422. The molecule has 37 heavy (non-hydrogen) atoms. The zero-order chi connectivity index (χ0) is 27.4. The van der Waals surface area contributed by atoms with Crippen LogP contribution in [0, 0.1) is 5.92 Å². The predicted octanol–water partition coefficient (Wildman–Crippen LogP) is -0.416. The van der Waals surface area contributed by atoms with Crippen molar-refractivity contribution < 1.29 is 24.3 Å². The fourth-order valence-electron chi connectivity index (χ4n) is 3.57. The third-order valence-corrected chi connectivity index (χ3v) is 6.15. The monoisotopic (exact) mass is 536 g/mol. The molecule has 4 unspecified atom stereocenters. The van der Waals surface area contributed by atoms with Gasteiger partial charge in [-0.2, -0.15) is 11.8 Å². The number of imidazole rings is 2. The Bertz CT molecular complexity index is 999. The number of amides is 3. The lowest BCUT2D eigenvalue weighted by Gasteiger charge is -2.25. The van der Waals surface area contributed by atoms with Crippen molar-refractivity contribution in [2.45, 2.75) is 63.7 Å². The Kier molecular flexibility index (Phi) is 12.1. The van der Waals surface area contributed by atoms with Crippen LogP contribution in [0.5, 0.6) is 0 Å². The molecule has 0 radical (unpaired) electrons. The molecule has 2 heterocycles. The molecular formula is C23H36N8O5S. The first-order valence-electron chi connectivity index (χ1n) is 11.9. The summed E-state index contributed by atoms with van der Waals surface area (Å²) in [7, 11) is 0. The number of aromatic amines is 2. The number of rotatable bonds is 16. The Morgan fingerprint density at radius 2 is 1.46 bits per heavy atom. The van der Waals surface area contributed by atoms with Crippen LogP contribution < -0.4 is 21.7 Å². The van der Waals surface area contributed by atoms with Gasteiger partial charge in [-0.3, -0.25) is 14.4 Å². The standard InChI is InChI=1S/C23H36N8O5S/c1-13(2)6-19(23(35)36)31-21(33)17(4-5-37-3)29-22(34)18(8-15-10-26-12-28-15)30-20(32)16(24)7-14-9-25-11-27-14/h9-13,16-19H,4-8,24H2,1-3H3,(H,25,27)(H,26,28)(H,29,34)(H,30,32)(H,31,33)(H,35,36). The molecule has 0 aliphatic rings. The molecule has 8 N–H and O–H groups in total. The Morgan fingerprint density at radius 1 is 0.919 bits per heavy atom. The van der Waals surface area contributed by atoms with Gasteiger partial charge in [-0.1, -0.05) is 13.8 Å². The van der Waals surface area contributed by atoms with Crippen molar-refractivity contribution in [1.82, 2.24) is 35.9 Å². The Hall–Kier alpha value is -3.39. The van der Waals surface area contributed by atoms with E-state index >= 15 is 0 Å². The van der Waals surface area contributed by atoms with E-state index in [1.165, 1.54) is 30.6 Å². The van der Waals surface area contributed by atoms with E-state index in [0.29, 0.717) is 17.1 Å². The molecule has 0 aliphatic carbocycles. The number of carbonyl (C=O) groups excluding carboxylic acids is 3. The van der Waals surface area contributed by atoms with Gasteiger partial charge in [-0.05, 0) is 30.8 Å². The number of carboxylic acid groups (broad SMARTS) is 1. The van der Waals surface area contributed by atoms with E-state index in [0.717, 1.165) is 0 Å². The molecule has 13 nitrogen and oxygen atoms in total. The van der Waals surface area contributed by atoms with E-state index in [9.17, 15) is 24.3 Å². The average molecular weight is 537 g/mol. The number of nitrogens with one attached hydrogen (secondary N) is 5. The molecule has 0 bridgehead atoms. The van der Waals surface area contributed by atoms with Crippen molar-refractivity contribution in [2.24, 2.45) is 11.7 Å². The minimum atomic E-state index is -1.15. The topological polar surface area (TPSA) is 208 Å². The third-order valence-electron chi connectivity index (χ3n) is 5.51. The average Bonchev–Trinajstić information content (AvgIpc) is 3.54. The molecule has 0 aliphatic heterocycles. The first kappa shape index (κ1) is 29.8. The highest BCUT2D eigenvalue weighted by atomic mass is 32.2. The Labute approximate surface area is 219 Å². The first-order valence-corrected chi connectivity index (χ1v) is 13.3. The van der Waals surface area contributed by atoms with Gasteiger partial charge in [0.15, 0.2) is 0 Å². The zero-order valence-electron chi connectivity index (χ0n) is 21.2. The fourth-order valence-corrected chi connectivity index (χ4v) is 4.04. The summed E-state index contributed by atoms with van der Waals surface area (Å²) >= 11 is 1.48. The summed E-state index contributed by atoms with van der Waals surface area (Å²) in [6, 6.07) is -4.08. The maximum atomic E-state index is 13.3. The predicted molar refractivity (Wildman–Crippen MR) is 138 cm³/mol. The zero-order valence-corrected chi connectivity index (χ0v) is 22.0. The highest BCUT2D eigenvalue weighted by Crippen LogP contribution is 2.08. The summed E-state index contributed by atoms with van der Waals surface area (Å²) in [6.45, 7) is 3.71. The molecule has 14 heteroatoms. The van der Waals surface area contributed by atoms with Gasteiger partial charge in [0, 0.05) is 36.6 Å². The quantitative estimate of drug-likeness (QED) is 0.148. The molecule has 0 spiro atoms. The Morgan fingerprint density at radius 3 is 1.97 bits per heavy atom. The lowest BCUT2D eigenvalue weighted by Crippen LogP contribution is -2.58. The molecule has 0 saturated carbocycles. The van der Waals surface area contributed by atoms with Crippen molar-refractivity contribution in [3.8, 4) is 0 Å². The van der Waals surface area contributed by atoms with Crippen LogP contribution in [0.2, 0.25) is 0 Å². The third kappa shape index (κ3) is 10.2. The number of nitrogens with zero attached hydrogens (tertiary/aromatic N) is 2. The van der Waals surface area contributed by atoms with Crippen molar-refractivity contribution in [3.63, 3.8) is 0 Å². The van der Waals surface area contributed by atoms with Crippen LogP contribution in [0.25, 0.3) is 0 Å². The molecule has 0 saturated heterocycles. The van der Waals surface area contributed by atoms with Crippen LogP contribution in [-0.4, -0.2) is 84.9 Å². The number of aliphatic carboxylic acids is 1. The molecular weight excluding hydrogens is 500 g/mol. The van der Waals surface area contributed by atoms with E-state index in [1.807, 2.05) is 20.1 Å². The van der Waals surface area contributed by atoms with Gasteiger partial charge in [0.2, 0.25) is 17.7 Å². The summed E-state index contributed by atoms with van der Waals surface area (Å²) < 4.78 is 0. The first-order chi connectivity index (χ1) is 17.6. The number of carbonyl (C=O) groups is 4. The van der Waals surface area contributed by atoms with Gasteiger partial charge < -0.3 is 36.8 Å². The maximum Gasteiger partial charge on any atom is 0.326 e. The fraction of sp³-hybridized carbons (Fsp3) is 0.565. The van der Waals surface area contributed by atoms with Crippen molar-refractivity contribution >= 4 is 35.5 Å². The summed E-state index contributed by atoms with van der Waals surface area (Å²) in [6.07, 6.45) is 8.66. The number of hydrogen-bond acceptors (Lipinski definition) is 8. The maximum absolute atomic E-state index is 13.3. The van der Waals surface area contributed by atoms with Gasteiger partial charge >= 0.3 is 5.97 Å². The van der Waals surface area contributed by atoms with Crippen molar-refractivity contribution in [2.75, 3.05) is 12.0 Å². The Balaban J connectivity index is 2.14. The van der Waals surface area contributed by atoms with Crippen LogP contribution in [-0.2, 0) is 32.0 Å². The second-order valence-corrected chi connectivity index (χ2v) is 10.1. The van der Waals surface area contributed by atoms with Gasteiger partial charge in [-0.15, -0.1) is 0 Å². The molecule has 3 amide bonds. The second-order valence-electron chi connectivity index (χ2n) is 9.10. The van der Waals surface area contributed by atoms with E-state index in [2.05, 4.69) is 35.9 Å². The van der Waals surface area contributed by atoms with Crippen LogP contribution in [0.4, 0.5) is 0 Å². The largest absolute Gasteiger partial charge is 0.480 e. The summed E-state index contributed by atoms with van der Waals surface area (Å²) in [4.78, 5) is 64.3. The normalized spacial score (nSPS) is 14.4. The minimum Gasteiger partial charge on any atom is -0.480 e. The van der Waals surface area contributed by atoms with Crippen LogP contribution in [0.3, 0.4) is 0 Å². The lowest BCUT2D eigenvalue weighted by atomic mass is 10.0. The molecule has 2 aromatic heterocycles. The molecule has 0 aromatic carbocycles. The van der Waals surface area contributed by atoms with E-state index in [-0.39, 0.29) is 31.6 Å². The number of nitrogens with two attached hydrogens (primary N) is 1. The van der Waals surface area contributed by atoms with E-state index in [4.69, 9.17) is 5.73 Å². The molecule has 0 fully saturated rings. The van der Waals surface area contributed by atoms with Crippen LogP contribution >= 0.6 is 11.8 Å². The molecule has 2 rings (SSSR count). The van der Waals surface area contributed by atoms with Gasteiger partial charge in [0.25, 0.3) is 0 Å². The number of carboxylic acids is 1. The van der Waals surface area contributed by atoms with Crippen molar-refractivity contribution in [1.29, 1.82) is 0 Å². The van der Waals surface area contributed by atoms with E-state index < -0.39 is 47.9 Å². The summed E-state index contributed by atoms with van der Waals surface area (Å²) in [5, 5.41) is 17.4. The SMILES string of the molecule is CSCCC(NC(=O)C(Cc1cnc[nH]1)NC(=O)C(N)Cc1cnc[nH]1)C(=O)NC(CC(C)C)C(=O)O. The lowest BCUT2D eigenvalue weighted by molar-refractivity contribution is -0.142. The molecule has 4 atom stereocenters. The number of thioether (sulfide) groups is 1. The van der Waals surface area contributed by atoms with Crippen LogP contribution in [0.15, 0.2) is 25.0 Å². The molecule has 204 valence electrons. The number of hydrogen-bond donors (Lipinski definition) is 7.